The molecule has 11 heavy (non-hydrogen) atoms. The summed E-state index contributed by atoms with van der Waals surface area (Å²) in [5, 5.41) is 8.80. The van der Waals surface area contributed by atoms with Crippen LogP contribution in [0.25, 0.3) is 0 Å². The van der Waals surface area contributed by atoms with E-state index >= 15 is 0 Å². The Balaban J connectivity index is 2.18. The molecule has 1 fully saturated rings. The van der Waals surface area contributed by atoms with Crippen molar-refractivity contribution < 1.29 is 13.9 Å². The molecule has 1 saturated heterocycles. The summed E-state index contributed by atoms with van der Waals surface area (Å²) >= 11 is 0. The molecule has 0 aromatic heterocycles. The van der Waals surface area contributed by atoms with E-state index in [1.807, 2.05) is 4.90 Å². The Morgan fingerprint density at radius 1 is 1.27 bits per heavy atom. The SMILES string of the molecule is OC(CN1CCCC1)C(F)F. The van der Waals surface area contributed by atoms with Gasteiger partial charge in [0.1, 0.15) is 6.10 Å². The number of halogens is 2. The number of aliphatic hydroxyl groups excluding tert-OH is 1. The van der Waals surface area contributed by atoms with Crippen molar-refractivity contribution in [2.45, 2.75) is 25.4 Å². The second-order valence-electron chi connectivity index (χ2n) is 2.91. The van der Waals surface area contributed by atoms with Gasteiger partial charge in [-0.25, -0.2) is 8.78 Å². The molecule has 0 saturated carbocycles. The molecule has 4 heteroatoms. The summed E-state index contributed by atoms with van der Waals surface area (Å²) in [7, 11) is 0. The maximum absolute atomic E-state index is 11.8. The van der Waals surface area contributed by atoms with E-state index in [1.165, 1.54) is 0 Å². The molecule has 1 unspecified atom stereocenters. The van der Waals surface area contributed by atoms with E-state index in [-0.39, 0.29) is 6.54 Å². The number of rotatable bonds is 3. The van der Waals surface area contributed by atoms with E-state index in [4.69, 9.17) is 5.11 Å². The Hall–Kier alpha value is -0.220. The molecule has 2 nitrogen and oxygen atoms in total. The molecule has 1 aliphatic heterocycles. The molecule has 1 heterocycles. The third kappa shape index (κ3) is 2.71. The van der Waals surface area contributed by atoms with Crippen molar-refractivity contribution in [2.24, 2.45) is 0 Å². The van der Waals surface area contributed by atoms with Gasteiger partial charge in [-0.15, -0.1) is 0 Å². The molecule has 1 atom stereocenters. The summed E-state index contributed by atoms with van der Waals surface area (Å²) in [5.41, 5.74) is 0. The average molecular weight is 165 g/mol. The van der Waals surface area contributed by atoms with E-state index in [0.29, 0.717) is 0 Å². The van der Waals surface area contributed by atoms with Crippen molar-refractivity contribution in [1.29, 1.82) is 0 Å². The van der Waals surface area contributed by atoms with Crippen LogP contribution in [0, 0.1) is 0 Å². The summed E-state index contributed by atoms with van der Waals surface area (Å²) in [5.74, 6) is 0. The van der Waals surface area contributed by atoms with Crippen LogP contribution in [-0.2, 0) is 0 Å². The molecule has 0 bridgehead atoms. The molecule has 1 aliphatic rings. The van der Waals surface area contributed by atoms with Crippen LogP contribution in [0.5, 0.6) is 0 Å². The normalized spacial score (nSPS) is 22.9. The lowest BCUT2D eigenvalue weighted by Crippen LogP contribution is -2.34. The van der Waals surface area contributed by atoms with Gasteiger partial charge in [0.25, 0.3) is 6.43 Å². The average Bonchev–Trinajstić information content (AvgIpc) is 2.39. The number of nitrogens with zero attached hydrogens (tertiary/aromatic N) is 1. The van der Waals surface area contributed by atoms with Gasteiger partial charge < -0.3 is 10.0 Å². The maximum atomic E-state index is 11.8. The first-order chi connectivity index (χ1) is 5.20. The zero-order valence-electron chi connectivity index (χ0n) is 6.34. The number of hydrogen-bond acceptors (Lipinski definition) is 2. The molecule has 0 aromatic carbocycles. The number of β-amino-alcohol motifs (C(OH)–C–C–N with tert-alkyl or cyclic N) is 1. The summed E-state index contributed by atoms with van der Waals surface area (Å²) < 4.78 is 23.6. The summed E-state index contributed by atoms with van der Waals surface area (Å²) in [6, 6.07) is 0. The zero-order chi connectivity index (χ0) is 8.27. The van der Waals surface area contributed by atoms with Crippen LogP contribution in [0.15, 0.2) is 0 Å². The van der Waals surface area contributed by atoms with Gasteiger partial charge in [-0.3, -0.25) is 0 Å². The Kier molecular flexibility index (Phi) is 3.20. The minimum Gasteiger partial charge on any atom is -0.386 e. The van der Waals surface area contributed by atoms with Gasteiger partial charge >= 0.3 is 0 Å². The highest BCUT2D eigenvalue weighted by molar-refractivity contribution is 4.70. The summed E-state index contributed by atoms with van der Waals surface area (Å²) in [4.78, 5) is 1.87. The van der Waals surface area contributed by atoms with Crippen LogP contribution < -0.4 is 0 Å². The molecule has 0 radical (unpaired) electrons. The Bertz CT molecular complexity index is 115. The molecule has 1 rings (SSSR count). The van der Waals surface area contributed by atoms with Crippen molar-refractivity contribution >= 4 is 0 Å². The number of alkyl halides is 2. The van der Waals surface area contributed by atoms with Gasteiger partial charge in [0.05, 0.1) is 0 Å². The molecule has 0 aromatic rings. The van der Waals surface area contributed by atoms with E-state index in [1.54, 1.807) is 0 Å². The van der Waals surface area contributed by atoms with Crippen molar-refractivity contribution in [3.8, 4) is 0 Å². The molecule has 0 amide bonds. The Morgan fingerprint density at radius 2 is 1.82 bits per heavy atom. The largest absolute Gasteiger partial charge is 0.386 e. The van der Waals surface area contributed by atoms with Gasteiger partial charge in [0, 0.05) is 6.54 Å². The van der Waals surface area contributed by atoms with Gasteiger partial charge in [0.15, 0.2) is 0 Å². The van der Waals surface area contributed by atoms with Crippen LogP contribution in [0.1, 0.15) is 12.8 Å². The zero-order valence-corrected chi connectivity index (χ0v) is 6.34. The van der Waals surface area contributed by atoms with Crippen LogP contribution in [0.3, 0.4) is 0 Å². The van der Waals surface area contributed by atoms with E-state index in [2.05, 4.69) is 0 Å². The van der Waals surface area contributed by atoms with Crippen LogP contribution in [-0.4, -0.2) is 42.2 Å². The van der Waals surface area contributed by atoms with Gasteiger partial charge in [0.2, 0.25) is 0 Å². The number of hydrogen-bond donors (Lipinski definition) is 1. The predicted octanol–water partition coefficient (Wildman–Crippen LogP) is 0.708. The fourth-order valence-corrected chi connectivity index (χ4v) is 1.31. The summed E-state index contributed by atoms with van der Waals surface area (Å²) in [6.45, 7) is 1.82. The Morgan fingerprint density at radius 3 is 2.27 bits per heavy atom. The third-order valence-electron chi connectivity index (χ3n) is 1.93. The minimum absolute atomic E-state index is 0.123. The maximum Gasteiger partial charge on any atom is 0.265 e. The topological polar surface area (TPSA) is 23.5 Å². The van der Waals surface area contributed by atoms with Gasteiger partial charge in [-0.1, -0.05) is 0 Å². The highest BCUT2D eigenvalue weighted by Gasteiger charge is 2.21. The molecule has 66 valence electrons. The highest BCUT2D eigenvalue weighted by Crippen LogP contribution is 2.10. The van der Waals surface area contributed by atoms with Gasteiger partial charge in [-0.2, -0.15) is 0 Å². The van der Waals surface area contributed by atoms with Crippen molar-refractivity contribution in [3.05, 3.63) is 0 Å². The second kappa shape index (κ2) is 3.97. The van der Waals surface area contributed by atoms with Gasteiger partial charge in [-0.05, 0) is 25.9 Å². The van der Waals surface area contributed by atoms with Crippen molar-refractivity contribution in [2.75, 3.05) is 19.6 Å². The fourth-order valence-electron chi connectivity index (χ4n) is 1.31. The third-order valence-corrected chi connectivity index (χ3v) is 1.93. The standard InChI is InChI=1S/C7H13F2NO/c8-7(9)6(11)5-10-3-1-2-4-10/h6-7,11H,1-5H2. The predicted molar refractivity (Wildman–Crippen MR) is 37.7 cm³/mol. The van der Waals surface area contributed by atoms with E-state index < -0.39 is 12.5 Å². The first kappa shape index (κ1) is 8.87. The van der Waals surface area contributed by atoms with E-state index in [9.17, 15) is 8.78 Å². The minimum atomic E-state index is -2.60. The number of likely N-dealkylation sites (tertiary alicyclic amines) is 1. The lowest BCUT2D eigenvalue weighted by atomic mass is 10.3. The Labute approximate surface area is 64.8 Å². The van der Waals surface area contributed by atoms with Crippen molar-refractivity contribution in [3.63, 3.8) is 0 Å². The fraction of sp³-hybridized carbons (Fsp3) is 1.00. The van der Waals surface area contributed by atoms with Crippen LogP contribution in [0.2, 0.25) is 0 Å². The van der Waals surface area contributed by atoms with Crippen molar-refractivity contribution in [1.82, 2.24) is 4.90 Å². The first-order valence-electron chi connectivity index (χ1n) is 3.88. The lowest BCUT2D eigenvalue weighted by Gasteiger charge is -2.18. The molecule has 0 spiro atoms. The smallest absolute Gasteiger partial charge is 0.265 e. The first-order valence-corrected chi connectivity index (χ1v) is 3.88. The molecular formula is C7H13F2NO. The quantitative estimate of drug-likeness (QED) is 0.665. The molecular weight excluding hydrogens is 152 g/mol. The monoisotopic (exact) mass is 165 g/mol. The van der Waals surface area contributed by atoms with Crippen LogP contribution >= 0.6 is 0 Å². The lowest BCUT2D eigenvalue weighted by molar-refractivity contribution is -0.0200. The second-order valence-corrected chi connectivity index (χ2v) is 2.91. The summed E-state index contributed by atoms with van der Waals surface area (Å²) in [6.07, 6.45) is -1.94. The number of aliphatic hydroxyl groups is 1. The van der Waals surface area contributed by atoms with E-state index in [0.717, 1.165) is 25.9 Å². The molecule has 1 N–H and O–H groups in total. The highest BCUT2D eigenvalue weighted by atomic mass is 19.3. The molecule has 0 aliphatic carbocycles. The van der Waals surface area contributed by atoms with Crippen LogP contribution in [0.4, 0.5) is 8.78 Å².